The lowest BCUT2D eigenvalue weighted by Gasteiger charge is -2.13. The molecular formula is C14H14N2OS2. The molecule has 1 aromatic heterocycles. The molecule has 0 aliphatic carbocycles. The summed E-state index contributed by atoms with van der Waals surface area (Å²) in [6.45, 7) is 0. The summed E-state index contributed by atoms with van der Waals surface area (Å²) in [4.78, 5) is 13.3. The van der Waals surface area contributed by atoms with E-state index in [1.165, 1.54) is 4.88 Å². The van der Waals surface area contributed by atoms with Crippen molar-refractivity contribution in [1.82, 2.24) is 5.32 Å². The zero-order valence-corrected chi connectivity index (χ0v) is 11.9. The average molecular weight is 290 g/mol. The molecule has 2 heterocycles. The van der Waals surface area contributed by atoms with Gasteiger partial charge in [-0.25, -0.2) is 0 Å². The van der Waals surface area contributed by atoms with E-state index in [9.17, 15) is 4.79 Å². The minimum atomic E-state index is -0.0820. The largest absolute Gasteiger partial charge is 0.324 e. The van der Waals surface area contributed by atoms with Gasteiger partial charge >= 0.3 is 0 Å². The number of hydrogen-bond donors (Lipinski definition) is 2. The topological polar surface area (TPSA) is 41.1 Å². The van der Waals surface area contributed by atoms with Gasteiger partial charge in [-0.05, 0) is 17.5 Å². The van der Waals surface area contributed by atoms with Crippen molar-refractivity contribution < 1.29 is 4.79 Å². The minimum Gasteiger partial charge on any atom is -0.324 e. The summed E-state index contributed by atoms with van der Waals surface area (Å²) < 4.78 is 0. The van der Waals surface area contributed by atoms with Crippen molar-refractivity contribution in [3.8, 4) is 10.4 Å². The van der Waals surface area contributed by atoms with E-state index < -0.39 is 0 Å². The fourth-order valence-corrected chi connectivity index (χ4v) is 3.73. The van der Waals surface area contributed by atoms with Gasteiger partial charge in [0.2, 0.25) is 5.91 Å². The number of rotatable bonds is 3. The van der Waals surface area contributed by atoms with E-state index in [2.05, 4.69) is 16.7 Å². The number of nitrogens with one attached hydrogen (secondary N) is 2. The zero-order valence-electron chi connectivity index (χ0n) is 10.3. The van der Waals surface area contributed by atoms with Gasteiger partial charge in [0.1, 0.15) is 0 Å². The Morgan fingerprint density at radius 1 is 1.26 bits per heavy atom. The van der Waals surface area contributed by atoms with Crippen LogP contribution in [-0.4, -0.2) is 23.6 Å². The molecule has 98 valence electrons. The van der Waals surface area contributed by atoms with E-state index in [0.717, 1.165) is 22.9 Å². The van der Waals surface area contributed by atoms with Crippen molar-refractivity contribution in [2.75, 3.05) is 16.9 Å². The Balaban J connectivity index is 1.83. The van der Waals surface area contributed by atoms with Crippen molar-refractivity contribution in [2.45, 2.75) is 6.04 Å². The van der Waals surface area contributed by atoms with E-state index in [0.29, 0.717) is 0 Å². The maximum atomic E-state index is 12.2. The smallest absolute Gasteiger partial charge is 0.242 e. The Kier molecular flexibility index (Phi) is 3.87. The van der Waals surface area contributed by atoms with Gasteiger partial charge in [0.25, 0.3) is 0 Å². The van der Waals surface area contributed by atoms with Gasteiger partial charge < -0.3 is 5.32 Å². The third kappa shape index (κ3) is 2.83. The van der Waals surface area contributed by atoms with Crippen molar-refractivity contribution in [2.24, 2.45) is 0 Å². The number of amides is 1. The summed E-state index contributed by atoms with van der Waals surface area (Å²) in [6.07, 6.45) is 0. The van der Waals surface area contributed by atoms with Gasteiger partial charge in [-0.3, -0.25) is 10.1 Å². The second kappa shape index (κ2) is 5.77. The van der Waals surface area contributed by atoms with Crippen molar-refractivity contribution >= 4 is 34.7 Å². The maximum Gasteiger partial charge on any atom is 0.242 e. The number of benzene rings is 1. The maximum absolute atomic E-state index is 12.2. The molecule has 1 amide bonds. The summed E-state index contributed by atoms with van der Waals surface area (Å²) in [6, 6.07) is 11.9. The third-order valence-corrected chi connectivity index (χ3v) is 4.85. The van der Waals surface area contributed by atoms with Gasteiger partial charge in [-0.1, -0.05) is 24.3 Å². The van der Waals surface area contributed by atoms with Gasteiger partial charge in [-0.2, -0.15) is 0 Å². The van der Waals surface area contributed by atoms with E-state index >= 15 is 0 Å². The number of thioether (sulfide) groups is 1. The standard InChI is InChI=1S/C14H14N2OS2/c17-14(12-8-18-9-15-12)16-11-5-2-1-4-10(11)13-6-3-7-19-13/h1-7,12,15H,8-9H2,(H,16,17). The number of anilines is 1. The van der Waals surface area contributed by atoms with Crippen LogP contribution in [-0.2, 0) is 4.79 Å². The summed E-state index contributed by atoms with van der Waals surface area (Å²) in [7, 11) is 0. The molecule has 0 bridgehead atoms. The molecular weight excluding hydrogens is 276 g/mol. The highest BCUT2D eigenvalue weighted by atomic mass is 32.2. The molecule has 2 aromatic rings. The van der Waals surface area contributed by atoms with Crippen LogP contribution in [0.1, 0.15) is 0 Å². The molecule has 0 saturated carbocycles. The summed E-state index contributed by atoms with van der Waals surface area (Å²) in [5.74, 6) is 1.74. The lowest BCUT2D eigenvalue weighted by molar-refractivity contribution is -0.117. The molecule has 1 saturated heterocycles. The van der Waals surface area contributed by atoms with Gasteiger partial charge in [0.15, 0.2) is 0 Å². The van der Waals surface area contributed by atoms with E-state index in [4.69, 9.17) is 0 Å². The Bertz CT molecular complexity index is 563. The van der Waals surface area contributed by atoms with E-state index in [-0.39, 0.29) is 11.9 Å². The SMILES string of the molecule is O=C(Nc1ccccc1-c1cccs1)C1CSCN1. The van der Waals surface area contributed by atoms with Crippen molar-refractivity contribution in [3.05, 3.63) is 41.8 Å². The number of para-hydroxylation sites is 1. The lowest BCUT2D eigenvalue weighted by Crippen LogP contribution is -2.37. The van der Waals surface area contributed by atoms with Crippen LogP contribution in [0.15, 0.2) is 41.8 Å². The molecule has 19 heavy (non-hydrogen) atoms. The van der Waals surface area contributed by atoms with Crippen LogP contribution in [0.5, 0.6) is 0 Å². The highest BCUT2D eigenvalue weighted by molar-refractivity contribution is 7.99. The first-order valence-corrected chi connectivity index (χ1v) is 8.13. The summed E-state index contributed by atoms with van der Waals surface area (Å²) >= 11 is 3.43. The Hall–Kier alpha value is -1.30. The Morgan fingerprint density at radius 2 is 2.16 bits per heavy atom. The molecule has 1 unspecified atom stereocenters. The quantitative estimate of drug-likeness (QED) is 0.913. The molecule has 1 aromatic carbocycles. The first-order chi connectivity index (χ1) is 9.34. The fourth-order valence-electron chi connectivity index (χ4n) is 2.02. The monoisotopic (exact) mass is 290 g/mol. The van der Waals surface area contributed by atoms with Crippen molar-refractivity contribution in [1.29, 1.82) is 0 Å². The Labute approximate surface area is 120 Å². The third-order valence-electron chi connectivity index (χ3n) is 3.00. The highest BCUT2D eigenvalue weighted by Gasteiger charge is 2.23. The lowest BCUT2D eigenvalue weighted by atomic mass is 10.1. The van der Waals surface area contributed by atoms with Gasteiger partial charge in [0.05, 0.1) is 6.04 Å². The number of carbonyl (C=O) groups excluding carboxylic acids is 1. The predicted molar refractivity (Wildman–Crippen MR) is 82.6 cm³/mol. The van der Waals surface area contributed by atoms with Crippen LogP contribution in [0, 0.1) is 0 Å². The summed E-state index contributed by atoms with van der Waals surface area (Å²) in [5, 5.41) is 8.26. The summed E-state index contributed by atoms with van der Waals surface area (Å²) in [5.41, 5.74) is 1.96. The number of thiophene rings is 1. The molecule has 3 rings (SSSR count). The molecule has 2 N–H and O–H groups in total. The molecule has 1 atom stereocenters. The minimum absolute atomic E-state index is 0.0500. The molecule has 1 aliphatic heterocycles. The molecule has 5 heteroatoms. The van der Waals surface area contributed by atoms with E-state index in [1.54, 1.807) is 23.1 Å². The first kappa shape index (κ1) is 12.7. The highest BCUT2D eigenvalue weighted by Crippen LogP contribution is 2.31. The van der Waals surface area contributed by atoms with Gasteiger partial charge in [0, 0.05) is 27.8 Å². The molecule has 0 radical (unpaired) electrons. The van der Waals surface area contributed by atoms with Crippen LogP contribution < -0.4 is 10.6 Å². The second-order valence-electron chi connectivity index (χ2n) is 4.28. The zero-order chi connectivity index (χ0) is 13.1. The normalized spacial score (nSPS) is 18.4. The predicted octanol–water partition coefficient (Wildman–Crippen LogP) is 3.02. The molecule has 0 spiro atoms. The van der Waals surface area contributed by atoms with Crippen LogP contribution in [0.3, 0.4) is 0 Å². The van der Waals surface area contributed by atoms with Crippen LogP contribution in [0.2, 0.25) is 0 Å². The fraction of sp³-hybridized carbons (Fsp3) is 0.214. The average Bonchev–Trinajstić information content (AvgIpc) is 3.13. The van der Waals surface area contributed by atoms with E-state index in [1.807, 2.05) is 35.7 Å². The number of hydrogen-bond acceptors (Lipinski definition) is 4. The van der Waals surface area contributed by atoms with Crippen LogP contribution in [0.25, 0.3) is 10.4 Å². The van der Waals surface area contributed by atoms with Crippen LogP contribution >= 0.6 is 23.1 Å². The molecule has 3 nitrogen and oxygen atoms in total. The van der Waals surface area contributed by atoms with Crippen molar-refractivity contribution in [3.63, 3.8) is 0 Å². The number of carbonyl (C=O) groups is 1. The van der Waals surface area contributed by atoms with Crippen LogP contribution in [0.4, 0.5) is 5.69 Å². The second-order valence-corrected chi connectivity index (χ2v) is 6.26. The molecule has 1 aliphatic rings. The Morgan fingerprint density at radius 3 is 2.89 bits per heavy atom. The van der Waals surface area contributed by atoms with Gasteiger partial charge in [-0.15, -0.1) is 23.1 Å². The molecule has 1 fully saturated rings. The first-order valence-electron chi connectivity index (χ1n) is 6.09.